The average molecular weight is 397 g/mol. The van der Waals surface area contributed by atoms with Gasteiger partial charge in [0.05, 0.1) is 12.3 Å². The Morgan fingerprint density at radius 3 is 2.38 bits per heavy atom. The second-order valence-electron chi connectivity index (χ2n) is 7.62. The van der Waals surface area contributed by atoms with Crippen molar-refractivity contribution >= 4 is 11.8 Å². The number of nitrogens with zero attached hydrogens (tertiary/aromatic N) is 1. The molecule has 5 heteroatoms. The second-order valence-corrected chi connectivity index (χ2v) is 7.62. The van der Waals surface area contributed by atoms with Crippen LogP contribution in [0.25, 0.3) is 0 Å². The molecule has 0 spiro atoms. The van der Waals surface area contributed by atoms with E-state index in [1.807, 2.05) is 18.2 Å². The summed E-state index contributed by atoms with van der Waals surface area (Å²) in [6.07, 6.45) is 3.57. The van der Waals surface area contributed by atoms with Crippen molar-refractivity contribution in [1.29, 1.82) is 0 Å². The molecule has 1 aliphatic rings. The van der Waals surface area contributed by atoms with Crippen LogP contribution >= 0.6 is 0 Å². The molecule has 2 aromatic rings. The number of esters is 1. The first-order valence-electron chi connectivity index (χ1n) is 10.4. The van der Waals surface area contributed by atoms with Crippen LogP contribution in [-0.4, -0.2) is 23.3 Å². The van der Waals surface area contributed by atoms with E-state index in [1.54, 1.807) is 25.1 Å². The molecule has 1 heterocycles. The lowest BCUT2D eigenvalue weighted by molar-refractivity contribution is -0.152. The predicted octanol–water partition coefficient (Wildman–Crippen LogP) is 4.82. The Hall–Kier alpha value is -2.56. The number of alkyl halides is 1. The molecule has 0 amide bonds. The summed E-state index contributed by atoms with van der Waals surface area (Å²) in [4.78, 5) is 30.0. The summed E-state index contributed by atoms with van der Waals surface area (Å²) in [6.45, 7) is 1.28. The molecule has 1 atom stereocenters. The van der Waals surface area contributed by atoms with Crippen LogP contribution in [0.4, 0.5) is 4.39 Å². The maximum Gasteiger partial charge on any atom is 0.316 e. The molecular weight excluding hydrogens is 369 g/mol. The third-order valence-electron chi connectivity index (χ3n) is 5.73. The van der Waals surface area contributed by atoms with Gasteiger partial charge in [0.25, 0.3) is 0 Å². The Bertz CT molecular complexity index is 816. The fourth-order valence-electron chi connectivity index (χ4n) is 4.19. The number of benzene rings is 1. The van der Waals surface area contributed by atoms with Crippen molar-refractivity contribution in [3.8, 4) is 0 Å². The van der Waals surface area contributed by atoms with Crippen LogP contribution in [0.5, 0.6) is 0 Å². The summed E-state index contributed by atoms with van der Waals surface area (Å²) in [5.74, 6) is -1.13. The van der Waals surface area contributed by atoms with Gasteiger partial charge in [-0.2, -0.15) is 0 Å². The zero-order chi connectivity index (χ0) is 20.6. The van der Waals surface area contributed by atoms with Crippen molar-refractivity contribution in [1.82, 2.24) is 4.98 Å². The smallest absolute Gasteiger partial charge is 0.316 e. The number of pyridine rings is 1. The number of ether oxygens (including phenoxy) is 1. The van der Waals surface area contributed by atoms with Gasteiger partial charge >= 0.3 is 5.97 Å². The lowest BCUT2D eigenvalue weighted by Crippen LogP contribution is -2.35. The van der Waals surface area contributed by atoms with E-state index in [0.717, 1.165) is 25.7 Å². The van der Waals surface area contributed by atoms with Gasteiger partial charge < -0.3 is 4.74 Å². The van der Waals surface area contributed by atoms with Crippen LogP contribution in [0.15, 0.2) is 48.5 Å². The minimum atomic E-state index is -0.879. The second kappa shape index (κ2) is 10.3. The van der Waals surface area contributed by atoms with E-state index in [0.29, 0.717) is 17.3 Å². The molecule has 1 aromatic carbocycles. The predicted molar refractivity (Wildman–Crippen MR) is 109 cm³/mol. The van der Waals surface area contributed by atoms with Gasteiger partial charge in [-0.15, -0.1) is 0 Å². The molecule has 29 heavy (non-hydrogen) atoms. The van der Waals surface area contributed by atoms with Crippen LogP contribution < -0.4 is 0 Å². The minimum absolute atomic E-state index is 0.0672. The van der Waals surface area contributed by atoms with E-state index >= 15 is 0 Å². The SMILES string of the molecule is CCOC(=O)C(Cc1cccc(CF)n1)C(=O)C1CCC(c2ccccc2)CC1. The van der Waals surface area contributed by atoms with Gasteiger partial charge in [-0.1, -0.05) is 36.4 Å². The number of hydrogen-bond donors (Lipinski definition) is 0. The fourth-order valence-corrected chi connectivity index (χ4v) is 4.19. The highest BCUT2D eigenvalue weighted by atomic mass is 19.1. The van der Waals surface area contributed by atoms with Gasteiger partial charge in [0, 0.05) is 18.0 Å². The van der Waals surface area contributed by atoms with Crippen molar-refractivity contribution in [3.63, 3.8) is 0 Å². The molecule has 0 aliphatic heterocycles. The van der Waals surface area contributed by atoms with Gasteiger partial charge in [-0.3, -0.25) is 14.6 Å². The normalized spacial score (nSPS) is 20.1. The Kier molecular flexibility index (Phi) is 7.50. The highest BCUT2D eigenvalue weighted by Gasteiger charge is 2.36. The summed E-state index contributed by atoms with van der Waals surface area (Å²) in [5, 5.41) is 0. The Morgan fingerprint density at radius 1 is 1.03 bits per heavy atom. The summed E-state index contributed by atoms with van der Waals surface area (Å²) in [5.41, 5.74) is 2.16. The van der Waals surface area contributed by atoms with Gasteiger partial charge in [0.15, 0.2) is 5.78 Å². The molecule has 4 nitrogen and oxygen atoms in total. The monoisotopic (exact) mass is 397 g/mol. The van der Waals surface area contributed by atoms with E-state index in [1.165, 1.54) is 5.56 Å². The highest BCUT2D eigenvalue weighted by molar-refractivity contribution is 6.00. The highest BCUT2D eigenvalue weighted by Crippen LogP contribution is 2.37. The molecule has 0 bridgehead atoms. The van der Waals surface area contributed by atoms with E-state index < -0.39 is 18.6 Å². The number of hydrogen-bond acceptors (Lipinski definition) is 4. The molecule has 1 unspecified atom stereocenters. The first-order valence-corrected chi connectivity index (χ1v) is 10.4. The number of carbonyl (C=O) groups is 2. The Balaban J connectivity index is 1.69. The van der Waals surface area contributed by atoms with Crippen molar-refractivity contribution in [2.45, 2.75) is 51.6 Å². The standard InChI is InChI=1S/C24H28FNO3/c1-2-29-24(28)22(15-20-9-6-10-21(16-25)26-20)23(27)19-13-11-18(12-14-19)17-7-4-3-5-8-17/h3-10,18-19,22H,2,11-16H2,1H3. The van der Waals surface area contributed by atoms with Crippen LogP contribution in [0.3, 0.4) is 0 Å². The van der Waals surface area contributed by atoms with Crippen LogP contribution in [0.1, 0.15) is 55.5 Å². The largest absolute Gasteiger partial charge is 0.465 e. The molecule has 0 saturated heterocycles. The first-order chi connectivity index (χ1) is 14.1. The topological polar surface area (TPSA) is 56.3 Å². The van der Waals surface area contributed by atoms with Crippen molar-refractivity contribution in [2.75, 3.05) is 6.61 Å². The van der Waals surface area contributed by atoms with Crippen LogP contribution in [-0.2, 0) is 27.4 Å². The molecule has 0 radical (unpaired) electrons. The molecular formula is C24H28FNO3. The zero-order valence-electron chi connectivity index (χ0n) is 16.9. The number of Topliss-reactive ketones (excluding diaryl/α,β-unsaturated/α-hetero) is 1. The zero-order valence-corrected chi connectivity index (χ0v) is 16.9. The number of ketones is 1. The number of halogens is 1. The van der Waals surface area contributed by atoms with Gasteiger partial charge in [0.1, 0.15) is 12.6 Å². The van der Waals surface area contributed by atoms with Crippen molar-refractivity contribution < 1.29 is 18.7 Å². The van der Waals surface area contributed by atoms with Crippen LogP contribution in [0, 0.1) is 11.8 Å². The Morgan fingerprint density at radius 2 is 1.72 bits per heavy atom. The van der Waals surface area contributed by atoms with Crippen molar-refractivity contribution in [3.05, 3.63) is 65.5 Å². The fraction of sp³-hybridized carbons (Fsp3) is 0.458. The molecule has 154 valence electrons. The summed E-state index contributed by atoms with van der Waals surface area (Å²) in [7, 11) is 0. The third-order valence-corrected chi connectivity index (χ3v) is 5.73. The number of aromatic nitrogens is 1. The summed E-state index contributed by atoms with van der Waals surface area (Å²) in [6, 6.07) is 15.4. The molecule has 1 aliphatic carbocycles. The Labute approximate surface area is 171 Å². The quantitative estimate of drug-likeness (QED) is 0.474. The first kappa shape index (κ1) is 21.2. The summed E-state index contributed by atoms with van der Waals surface area (Å²) < 4.78 is 18.1. The number of carbonyl (C=O) groups excluding carboxylic acids is 2. The molecule has 3 rings (SSSR count). The molecule has 1 aromatic heterocycles. The van der Waals surface area contributed by atoms with Crippen molar-refractivity contribution in [2.24, 2.45) is 11.8 Å². The van der Waals surface area contributed by atoms with Gasteiger partial charge in [-0.25, -0.2) is 4.39 Å². The average Bonchev–Trinajstić information content (AvgIpc) is 2.78. The van der Waals surface area contributed by atoms with Crippen LogP contribution in [0.2, 0.25) is 0 Å². The van der Waals surface area contributed by atoms with Gasteiger partial charge in [0.2, 0.25) is 0 Å². The number of rotatable bonds is 8. The maximum atomic E-state index is 13.2. The molecule has 1 fully saturated rings. The lowest BCUT2D eigenvalue weighted by Gasteiger charge is -2.29. The maximum absolute atomic E-state index is 13.2. The van der Waals surface area contributed by atoms with E-state index in [-0.39, 0.29) is 24.7 Å². The molecule has 0 N–H and O–H groups in total. The third kappa shape index (κ3) is 5.49. The minimum Gasteiger partial charge on any atom is -0.465 e. The summed E-state index contributed by atoms with van der Waals surface area (Å²) >= 11 is 0. The van der Waals surface area contributed by atoms with E-state index in [9.17, 15) is 14.0 Å². The van der Waals surface area contributed by atoms with E-state index in [4.69, 9.17) is 4.74 Å². The van der Waals surface area contributed by atoms with E-state index in [2.05, 4.69) is 17.1 Å². The molecule has 1 saturated carbocycles. The lowest BCUT2D eigenvalue weighted by atomic mass is 9.74. The van der Waals surface area contributed by atoms with Gasteiger partial charge in [-0.05, 0) is 56.2 Å².